The Hall–Kier alpha value is -2.41. The number of amides is 1. The SMILES string of the molecule is Cc1cc(F)cc([C@H](C)NC(=O)[C@@H]2CNC[C@H]2c2ccc(C(F)(F)F)cc2)c1. The number of nitrogens with one attached hydrogen (secondary N) is 2. The Kier molecular flexibility index (Phi) is 5.74. The third-order valence-corrected chi connectivity index (χ3v) is 5.14. The number of benzene rings is 2. The summed E-state index contributed by atoms with van der Waals surface area (Å²) in [5.74, 6) is -1.19. The van der Waals surface area contributed by atoms with E-state index in [1.54, 1.807) is 13.8 Å². The molecule has 0 aromatic heterocycles. The largest absolute Gasteiger partial charge is 0.416 e. The molecule has 2 aromatic carbocycles. The van der Waals surface area contributed by atoms with Crippen LogP contribution in [0.3, 0.4) is 0 Å². The molecule has 3 atom stereocenters. The van der Waals surface area contributed by atoms with Crippen molar-refractivity contribution in [3.63, 3.8) is 0 Å². The summed E-state index contributed by atoms with van der Waals surface area (Å²) in [6, 6.07) is 9.18. The van der Waals surface area contributed by atoms with E-state index in [2.05, 4.69) is 10.6 Å². The molecule has 0 radical (unpaired) electrons. The van der Waals surface area contributed by atoms with Crippen LogP contribution < -0.4 is 10.6 Å². The maximum Gasteiger partial charge on any atom is 0.416 e. The van der Waals surface area contributed by atoms with Crippen LogP contribution in [0.4, 0.5) is 17.6 Å². The van der Waals surface area contributed by atoms with Gasteiger partial charge in [0.15, 0.2) is 0 Å². The van der Waals surface area contributed by atoms with E-state index in [1.165, 1.54) is 24.3 Å². The van der Waals surface area contributed by atoms with E-state index in [0.717, 1.165) is 17.7 Å². The zero-order chi connectivity index (χ0) is 20.5. The van der Waals surface area contributed by atoms with Gasteiger partial charge < -0.3 is 10.6 Å². The molecule has 1 heterocycles. The summed E-state index contributed by atoms with van der Waals surface area (Å²) < 4.78 is 51.9. The van der Waals surface area contributed by atoms with Gasteiger partial charge in [-0.25, -0.2) is 4.39 Å². The molecule has 1 aliphatic rings. The first-order valence-corrected chi connectivity index (χ1v) is 9.10. The first-order valence-electron chi connectivity index (χ1n) is 9.10. The van der Waals surface area contributed by atoms with Crippen LogP contribution >= 0.6 is 0 Å². The highest BCUT2D eigenvalue weighted by atomic mass is 19.4. The van der Waals surface area contributed by atoms with Crippen LogP contribution in [0.1, 0.15) is 41.1 Å². The van der Waals surface area contributed by atoms with Gasteiger partial charge in [0, 0.05) is 19.0 Å². The molecule has 28 heavy (non-hydrogen) atoms. The second-order valence-corrected chi connectivity index (χ2v) is 7.28. The maximum absolute atomic E-state index is 13.6. The fraction of sp³-hybridized carbons (Fsp3) is 0.381. The molecule has 1 amide bonds. The topological polar surface area (TPSA) is 41.1 Å². The zero-order valence-electron chi connectivity index (χ0n) is 15.6. The molecule has 7 heteroatoms. The van der Waals surface area contributed by atoms with Crippen molar-refractivity contribution in [1.29, 1.82) is 0 Å². The number of rotatable bonds is 4. The number of hydrogen-bond acceptors (Lipinski definition) is 2. The Morgan fingerprint density at radius 1 is 1.14 bits per heavy atom. The van der Waals surface area contributed by atoms with Crippen LogP contribution in [0.15, 0.2) is 42.5 Å². The average Bonchev–Trinajstić information content (AvgIpc) is 3.10. The predicted molar refractivity (Wildman–Crippen MR) is 98.2 cm³/mol. The van der Waals surface area contributed by atoms with Gasteiger partial charge in [0.05, 0.1) is 17.5 Å². The van der Waals surface area contributed by atoms with Crippen molar-refractivity contribution in [2.24, 2.45) is 5.92 Å². The van der Waals surface area contributed by atoms with Gasteiger partial charge in [0.25, 0.3) is 0 Å². The highest BCUT2D eigenvalue weighted by molar-refractivity contribution is 5.81. The van der Waals surface area contributed by atoms with Crippen molar-refractivity contribution in [2.75, 3.05) is 13.1 Å². The normalized spacial score (nSPS) is 20.8. The van der Waals surface area contributed by atoms with Gasteiger partial charge in [0.1, 0.15) is 5.82 Å². The summed E-state index contributed by atoms with van der Waals surface area (Å²) in [5, 5.41) is 6.04. The molecular weight excluding hydrogens is 372 g/mol. The summed E-state index contributed by atoms with van der Waals surface area (Å²) in [4.78, 5) is 12.8. The second-order valence-electron chi connectivity index (χ2n) is 7.28. The Balaban J connectivity index is 1.72. The van der Waals surface area contributed by atoms with Gasteiger partial charge in [0.2, 0.25) is 5.91 Å². The van der Waals surface area contributed by atoms with E-state index >= 15 is 0 Å². The summed E-state index contributed by atoms with van der Waals surface area (Å²) in [6.07, 6.45) is -4.39. The van der Waals surface area contributed by atoms with Crippen LogP contribution in [-0.4, -0.2) is 19.0 Å². The number of aryl methyl sites for hydroxylation is 1. The number of alkyl halides is 3. The Morgan fingerprint density at radius 3 is 2.43 bits per heavy atom. The summed E-state index contributed by atoms with van der Waals surface area (Å²) in [5.41, 5.74) is 1.41. The summed E-state index contributed by atoms with van der Waals surface area (Å²) >= 11 is 0. The van der Waals surface area contributed by atoms with Gasteiger partial charge in [-0.1, -0.05) is 18.2 Å². The first-order chi connectivity index (χ1) is 13.1. The number of halogens is 4. The van der Waals surface area contributed by atoms with Gasteiger partial charge >= 0.3 is 6.18 Å². The van der Waals surface area contributed by atoms with Crippen LogP contribution in [0, 0.1) is 18.7 Å². The Labute approximate surface area is 161 Å². The molecule has 3 rings (SSSR count). The van der Waals surface area contributed by atoms with Gasteiger partial charge in [-0.2, -0.15) is 13.2 Å². The fourth-order valence-corrected chi connectivity index (χ4v) is 3.64. The van der Waals surface area contributed by atoms with E-state index < -0.39 is 17.7 Å². The van der Waals surface area contributed by atoms with Crippen molar-refractivity contribution >= 4 is 5.91 Å². The third kappa shape index (κ3) is 4.52. The molecular formula is C21H22F4N2O. The van der Waals surface area contributed by atoms with Crippen LogP contribution in [-0.2, 0) is 11.0 Å². The van der Waals surface area contributed by atoms with Gasteiger partial charge in [-0.05, 0) is 54.8 Å². The molecule has 1 fully saturated rings. The molecule has 3 nitrogen and oxygen atoms in total. The van der Waals surface area contributed by atoms with Crippen molar-refractivity contribution in [3.8, 4) is 0 Å². The molecule has 150 valence electrons. The molecule has 0 saturated carbocycles. The lowest BCUT2D eigenvalue weighted by Crippen LogP contribution is -2.36. The van der Waals surface area contributed by atoms with E-state index in [1.807, 2.05) is 6.07 Å². The summed E-state index contributed by atoms with van der Waals surface area (Å²) in [7, 11) is 0. The van der Waals surface area contributed by atoms with Crippen molar-refractivity contribution in [2.45, 2.75) is 32.0 Å². The third-order valence-electron chi connectivity index (χ3n) is 5.14. The minimum absolute atomic E-state index is 0.204. The van der Waals surface area contributed by atoms with Crippen molar-refractivity contribution in [1.82, 2.24) is 10.6 Å². The molecule has 1 aliphatic heterocycles. The van der Waals surface area contributed by atoms with E-state index in [-0.39, 0.29) is 23.7 Å². The quantitative estimate of drug-likeness (QED) is 0.758. The molecule has 2 N–H and O–H groups in total. The second kappa shape index (κ2) is 7.91. The molecule has 0 bridgehead atoms. The minimum atomic E-state index is -4.39. The molecule has 0 unspecified atom stereocenters. The lowest BCUT2D eigenvalue weighted by molar-refractivity contribution is -0.137. The fourth-order valence-electron chi connectivity index (χ4n) is 3.64. The predicted octanol–water partition coefficient (Wildman–Crippen LogP) is 4.33. The summed E-state index contributed by atoms with van der Waals surface area (Å²) in [6.45, 7) is 4.51. The molecule has 0 spiro atoms. The Bertz CT molecular complexity index is 828. The molecule has 2 aromatic rings. The van der Waals surface area contributed by atoms with Gasteiger partial charge in [-0.3, -0.25) is 4.79 Å². The van der Waals surface area contributed by atoms with Crippen LogP contribution in [0.25, 0.3) is 0 Å². The highest BCUT2D eigenvalue weighted by Gasteiger charge is 2.35. The van der Waals surface area contributed by atoms with E-state index in [4.69, 9.17) is 0 Å². The molecule has 0 aliphatic carbocycles. The van der Waals surface area contributed by atoms with Crippen molar-refractivity contribution in [3.05, 3.63) is 70.5 Å². The lowest BCUT2D eigenvalue weighted by atomic mass is 9.87. The van der Waals surface area contributed by atoms with Crippen LogP contribution in [0.5, 0.6) is 0 Å². The first kappa shape index (κ1) is 20.3. The van der Waals surface area contributed by atoms with Gasteiger partial charge in [-0.15, -0.1) is 0 Å². The van der Waals surface area contributed by atoms with Crippen molar-refractivity contribution < 1.29 is 22.4 Å². The maximum atomic E-state index is 13.6. The van der Waals surface area contributed by atoms with E-state index in [0.29, 0.717) is 24.2 Å². The van der Waals surface area contributed by atoms with Crippen LogP contribution in [0.2, 0.25) is 0 Å². The lowest BCUT2D eigenvalue weighted by Gasteiger charge is -2.22. The number of carbonyl (C=O) groups excluding carboxylic acids is 1. The monoisotopic (exact) mass is 394 g/mol. The highest BCUT2D eigenvalue weighted by Crippen LogP contribution is 2.33. The van der Waals surface area contributed by atoms with E-state index in [9.17, 15) is 22.4 Å². The standard InChI is InChI=1S/C21H22F4N2O/c1-12-7-15(9-17(22)8-12)13(2)27-20(28)19-11-26-10-18(19)14-3-5-16(6-4-14)21(23,24)25/h3-9,13,18-19,26H,10-11H2,1-2H3,(H,27,28)/t13-,18-,19+/m0/s1. The Morgan fingerprint density at radius 2 is 1.82 bits per heavy atom. The zero-order valence-corrected chi connectivity index (χ0v) is 15.6. The number of carbonyl (C=O) groups is 1. The molecule has 1 saturated heterocycles. The number of hydrogen-bond donors (Lipinski definition) is 2. The average molecular weight is 394 g/mol. The minimum Gasteiger partial charge on any atom is -0.349 e. The smallest absolute Gasteiger partial charge is 0.349 e.